The van der Waals surface area contributed by atoms with Gasteiger partial charge in [0.25, 0.3) is 0 Å². The summed E-state index contributed by atoms with van der Waals surface area (Å²) in [6.45, 7) is 5.42. The highest BCUT2D eigenvalue weighted by Crippen LogP contribution is 2.36. The van der Waals surface area contributed by atoms with Gasteiger partial charge in [-0.05, 0) is 49.4 Å². The summed E-state index contributed by atoms with van der Waals surface area (Å²) in [5.41, 5.74) is 1.93. The van der Waals surface area contributed by atoms with Crippen LogP contribution in [0, 0.1) is 0 Å². The molecule has 0 bridgehead atoms. The summed E-state index contributed by atoms with van der Waals surface area (Å²) in [5, 5.41) is 3.39. The van der Waals surface area contributed by atoms with E-state index in [1.807, 2.05) is 12.1 Å². The Morgan fingerprint density at radius 1 is 1.14 bits per heavy atom. The van der Waals surface area contributed by atoms with Crippen molar-refractivity contribution in [3.05, 3.63) is 70.2 Å². The van der Waals surface area contributed by atoms with E-state index in [4.69, 9.17) is 4.74 Å². The zero-order valence-corrected chi connectivity index (χ0v) is 18.5. The lowest BCUT2D eigenvalue weighted by Crippen LogP contribution is -2.51. The largest absolute Gasteiger partial charge is 0.381 e. The van der Waals surface area contributed by atoms with Gasteiger partial charge >= 0.3 is 0 Å². The summed E-state index contributed by atoms with van der Waals surface area (Å²) in [4.78, 5) is 16.0. The third-order valence-electron chi connectivity index (χ3n) is 6.56. The van der Waals surface area contributed by atoms with Gasteiger partial charge in [0.15, 0.2) is 0 Å². The summed E-state index contributed by atoms with van der Waals surface area (Å²) < 4.78 is 6.62. The number of carbonyl (C=O) groups excluding carboxylic acids is 1. The average molecular weight is 457 g/mol. The fraction of sp³-hybridized carbons (Fsp3) is 0.458. The van der Waals surface area contributed by atoms with E-state index in [1.54, 1.807) is 0 Å². The highest BCUT2D eigenvalue weighted by atomic mass is 79.9. The minimum absolute atomic E-state index is 0.155. The number of hydrogen-bond acceptors (Lipinski definition) is 3. The minimum Gasteiger partial charge on any atom is -0.381 e. The van der Waals surface area contributed by atoms with Gasteiger partial charge < -0.3 is 10.1 Å². The number of hydrogen-bond donors (Lipinski definition) is 1. The molecule has 0 spiro atoms. The lowest BCUT2D eigenvalue weighted by Gasteiger charge is -2.37. The van der Waals surface area contributed by atoms with Crippen molar-refractivity contribution >= 4 is 21.8 Å². The molecule has 2 aromatic carbocycles. The summed E-state index contributed by atoms with van der Waals surface area (Å²) in [6.07, 6.45) is 2.46. The van der Waals surface area contributed by atoms with Crippen LogP contribution in [0.25, 0.3) is 0 Å². The Morgan fingerprint density at radius 3 is 2.52 bits per heavy atom. The number of halogens is 1. The standard InChI is InChI=1S/C24H29BrN2O2/c1-18(19-5-3-2-4-6-19)27-14-11-22(17-27)26-23(28)24(12-15-29-16-13-24)20-7-9-21(25)10-8-20/h2-10,18,22H,11-17H2,1H3,(H,26,28). The molecule has 0 aliphatic carbocycles. The number of rotatable bonds is 5. The lowest BCUT2D eigenvalue weighted by molar-refractivity contribution is -0.131. The van der Waals surface area contributed by atoms with Crippen LogP contribution in [0.3, 0.4) is 0 Å². The van der Waals surface area contributed by atoms with Gasteiger partial charge in [-0.2, -0.15) is 0 Å². The third kappa shape index (κ3) is 4.42. The van der Waals surface area contributed by atoms with Gasteiger partial charge in [0.1, 0.15) is 0 Å². The van der Waals surface area contributed by atoms with E-state index in [9.17, 15) is 4.79 Å². The molecule has 2 aliphatic rings. The van der Waals surface area contributed by atoms with Gasteiger partial charge in [0.2, 0.25) is 5.91 Å². The minimum atomic E-state index is -0.489. The van der Waals surface area contributed by atoms with Crippen LogP contribution in [0.4, 0.5) is 0 Å². The Kier molecular flexibility index (Phi) is 6.38. The molecular weight excluding hydrogens is 428 g/mol. The molecule has 0 saturated carbocycles. The molecular formula is C24H29BrN2O2. The topological polar surface area (TPSA) is 41.6 Å². The van der Waals surface area contributed by atoms with Crippen LogP contribution < -0.4 is 5.32 Å². The molecule has 1 amide bonds. The lowest BCUT2D eigenvalue weighted by atomic mass is 9.73. The molecule has 2 unspecified atom stereocenters. The predicted octanol–water partition coefficient (Wildman–Crippen LogP) is 4.45. The van der Waals surface area contributed by atoms with Gasteiger partial charge in [-0.25, -0.2) is 0 Å². The van der Waals surface area contributed by atoms with Crippen molar-refractivity contribution in [2.75, 3.05) is 26.3 Å². The molecule has 2 heterocycles. The zero-order valence-electron chi connectivity index (χ0n) is 16.9. The van der Waals surface area contributed by atoms with Crippen LogP contribution in [0.15, 0.2) is 59.1 Å². The van der Waals surface area contributed by atoms with Crippen molar-refractivity contribution in [3.63, 3.8) is 0 Å². The van der Waals surface area contributed by atoms with Gasteiger partial charge in [0.05, 0.1) is 5.41 Å². The zero-order chi connectivity index (χ0) is 20.3. The number of benzene rings is 2. The first kappa shape index (κ1) is 20.6. The van der Waals surface area contributed by atoms with Crippen LogP contribution in [0.2, 0.25) is 0 Å². The molecule has 2 aliphatic heterocycles. The summed E-state index contributed by atoms with van der Waals surface area (Å²) in [7, 11) is 0. The maximum absolute atomic E-state index is 13.5. The molecule has 4 nitrogen and oxygen atoms in total. The maximum atomic E-state index is 13.5. The highest BCUT2D eigenvalue weighted by molar-refractivity contribution is 9.10. The van der Waals surface area contributed by atoms with Crippen LogP contribution in [-0.2, 0) is 14.9 Å². The fourth-order valence-corrected chi connectivity index (χ4v) is 4.92. The van der Waals surface area contributed by atoms with Crippen molar-refractivity contribution < 1.29 is 9.53 Å². The Balaban J connectivity index is 1.45. The first-order chi connectivity index (χ1) is 14.1. The van der Waals surface area contributed by atoms with Crippen LogP contribution in [0.5, 0.6) is 0 Å². The Hall–Kier alpha value is -1.69. The summed E-state index contributed by atoms with van der Waals surface area (Å²) in [5.74, 6) is 0.155. The van der Waals surface area contributed by atoms with Gasteiger partial charge in [-0.1, -0.05) is 58.4 Å². The van der Waals surface area contributed by atoms with Gasteiger partial charge in [0, 0.05) is 42.9 Å². The van der Waals surface area contributed by atoms with Crippen molar-refractivity contribution in [1.82, 2.24) is 10.2 Å². The van der Waals surface area contributed by atoms with Crippen LogP contribution in [-0.4, -0.2) is 43.2 Å². The van der Waals surface area contributed by atoms with Gasteiger partial charge in [-0.3, -0.25) is 9.69 Å². The predicted molar refractivity (Wildman–Crippen MR) is 119 cm³/mol. The third-order valence-corrected chi connectivity index (χ3v) is 7.09. The molecule has 0 aromatic heterocycles. The second-order valence-electron chi connectivity index (χ2n) is 8.24. The number of nitrogens with one attached hydrogen (secondary N) is 1. The van der Waals surface area contributed by atoms with Crippen LogP contribution in [0.1, 0.15) is 43.4 Å². The van der Waals surface area contributed by atoms with E-state index < -0.39 is 5.41 Å². The molecule has 29 heavy (non-hydrogen) atoms. The average Bonchev–Trinajstić information content (AvgIpc) is 3.23. The summed E-state index contributed by atoms with van der Waals surface area (Å²) in [6, 6.07) is 19.4. The molecule has 2 fully saturated rings. The molecule has 2 atom stereocenters. The van der Waals surface area contributed by atoms with E-state index in [-0.39, 0.29) is 11.9 Å². The molecule has 154 valence electrons. The van der Waals surface area contributed by atoms with Crippen molar-refractivity contribution in [1.29, 1.82) is 0 Å². The second kappa shape index (κ2) is 8.99. The van der Waals surface area contributed by atoms with Gasteiger partial charge in [-0.15, -0.1) is 0 Å². The SMILES string of the molecule is CC(c1ccccc1)N1CCC(NC(=O)C2(c3ccc(Br)cc3)CCOCC2)C1. The number of ether oxygens (including phenoxy) is 1. The molecule has 2 saturated heterocycles. The summed E-state index contributed by atoms with van der Waals surface area (Å²) >= 11 is 3.50. The van der Waals surface area contributed by atoms with E-state index >= 15 is 0 Å². The van der Waals surface area contributed by atoms with E-state index in [1.165, 1.54) is 5.56 Å². The monoisotopic (exact) mass is 456 g/mol. The number of carbonyl (C=O) groups is 1. The van der Waals surface area contributed by atoms with E-state index in [0.717, 1.165) is 42.4 Å². The van der Waals surface area contributed by atoms with Crippen molar-refractivity contribution in [2.24, 2.45) is 0 Å². The Labute approximate surface area is 181 Å². The first-order valence-corrected chi connectivity index (χ1v) is 11.3. The van der Waals surface area contributed by atoms with Crippen molar-refractivity contribution in [3.8, 4) is 0 Å². The normalized spacial score (nSPS) is 22.9. The Bertz CT molecular complexity index is 819. The first-order valence-electron chi connectivity index (χ1n) is 10.5. The quantitative estimate of drug-likeness (QED) is 0.722. The van der Waals surface area contributed by atoms with E-state index in [0.29, 0.717) is 19.3 Å². The second-order valence-corrected chi connectivity index (χ2v) is 9.16. The van der Waals surface area contributed by atoms with E-state index in [2.05, 4.69) is 75.5 Å². The fourth-order valence-electron chi connectivity index (χ4n) is 4.66. The van der Waals surface area contributed by atoms with Crippen LogP contribution >= 0.6 is 15.9 Å². The smallest absolute Gasteiger partial charge is 0.231 e. The number of amides is 1. The maximum Gasteiger partial charge on any atom is 0.231 e. The highest BCUT2D eigenvalue weighted by Gasteiger charge is 2.43. The molecule has 2 aromatic rings. The molecule has 5 heteroatoms. The molecule has 1 N–H and O–H groups in total. The number of nitrogens with zero attached hydrogens (tertiary/aromatic N) is 1. The molecule has 0 radical (unpaired) electrons. The number of likely N-dealkylation sites (tertiary alicyclic amines) is 1. The molecule has 4 rings (SSSR count). The Morgan fingerprint density at radius 2 is 1.83 bits per heavy atom. The van der Waals surface area contributed by atoms with Crippen molar-refractivity contribution in [2.45, 2.75) is 43.7 Å².